The summed E-state index contributed by atoms with van der Waals surface area (Å²) < 4.78 is 31.6. The molecule has 1 aliphatic carbocycles. The highest BCUT2D eigenvalue weighted by atomic mass is 19.1. The highest BCUT2D eigenvalue weighted by Gasteiger charge is 2.13. The fourth-order valence-electron chi connectivity index (χ4n) is 2.47. The van der Waals surface area contributed by atoms with E-state index >= 15 is 0 Å². The summed E-state index contributed by atoms with van der Waals surface area (Å²) in [6, 6.07) is 1.55. The van der Waals surface area contributed by atoms with Gasteiger partial charge in [-0.3, -0.25) is 0 Å². The zero-order chi connectivity index (χ0) is 15.9. The summed E-state index contributed by atoms with van der Waals surface area (Å²) in [5.41, 5.74) is 1.40. The van der Waals surface area contributed by atoms with Gasteiger partial charge in [-0.25, -0.2) is 13.6 Å². The van der Waals surface area contributed by atoms with Gasteiger partial charge < -0.3 is 15.4 Å². The van der Waals surface area contributed by atoms with Crippen LogP contribution in [0.5, 0.6) is 5.75 Å². The summed E-state index contributed by atoms with van der Waals surface area (Å²) in [5, 5.41) is 5.09. The Morgan fingerprint density at radius 2 is 2.00 bits per heavy atom. The molecule has 0 saturated heterocycles. The number of hydrogen-bond acceptors (Lipinski definition) is 2. The average Bonchev–Trinajstić information content (AvgIpc) is 2.48. The third-order valence-electron chi connectivity index (χ3n) is 3.58. The summed E-state index contributed by atoms with van der Waals surface area (Å²) in [5.74, 6) is -2.18. The van der Waals surface area contributed by atoms with E-state index in [4.69, 9.17) is 0 Å². The van der Waals surface area contributed by atoms with Crippen LogP contribution < -0.4 is 15.4 Å². The zero-order valence-electron chi connectivity index (χ0n) is 12.5. The van der Waals surface area contributed by atoms with E-state index in [2.05, 4.69) is 21.4 Å². The van der Waals surface area contributed by atoms with E-state index < -0.39 is 23.4 Å². The van der Waals surface area contributed by atoms with Gasteiger partial charge in [0.05, 0.1) is 7.11 Å². The van der Waals surface area contributed by atoms with Gasteiger partial charge in [-0.05, 0) is 32.1 Å². The molecule has 1 aromatic rings. The highest BCUT2D eigenvalue weighted by molar-refractivity contribution is 5.89. The molecule has 2 amide bonds. The second-order valence-electron chi connectivity index (χ2n) is 5.21. The molecule has 0 radical (unpaired) electrons. The van der Waals surface area contributed by atoms with E-state index in [1.807, 2.05) is 0 Å². The second kappa shape index (κ2) is 7.77. The van der Waals surface area contributed by atoms with Crippen LogP contribution in [-0.2, 0) is 0 Å². The van der Waals surface area contributed by atoms with Gasteiger partial charge in [0.15, 0.2) is 17.4 Å². The first kappa shape index (κ1) is 16.3. The molecule has 1 aromatic carbocycles. The van der Waals surface area contributed by atoms with Crippen LogP contribution in [0.2, 0.25) is 0 Å². The lowest BCUT2D eigenvalue weighted by Gasteiger charge is -2.13. The maximum Gasteiger partial charge on any atom is 0.319 e. The van der Waals surface area contributed by atoms with Gasteiger partial charge in [0.2, 0.25) is 0 Å². The van der Waals surface area contributed by atoms with Crippen molar-refractivity contribution in [2.75, 3.05) is 19.0 Å². The van der Waals surface area contributed by atoms with Crippen molar-refractivity contribution < 1.29 is 18.3 Å². The van der Waals surface area contributed by atoms with Crippen molar-refractivity contribution in [1.82, 2.24) is 5.32 Å². The zero-order valence-corrected chi connectivity index (χ0v) is 12.5. The van der Waals surface area contributed by atoms with Gasteiger partial charge in [0.1, 0.15) is 0 Å². The summed E-state index contributed by atoms with van der Waals surface area (Å²) in [4.78, 5) is 11.7. The van der Waals surface area contributed by atoms with E-state index in [1.54, 1.807) is 0 Å². The van der Waals surface area contributed by atoms with Gasteiger partial charge in [0.25, 0.3) is 0 Å². The maximum atomic E-state index is 13.5. The molecule has 2 N–H and O–H groups in total. The number of carbonyl (C=O) groups excluding carboxylic acids is 1. The van der Waals surface area contributed by atoms with Crippen LogP contribution in [0.1, 0.15) is 32.1 Å². The molecule has 0 bridgehead atoms. The number of hydrogen-bond donors (Lipinski definition) is 2. The Morgan fingerprint density at radius 1 is 1.27 bits per heavy atom. The van der Waals surface area contributed by atoms with Crippen molar-refractivity contribution in [3.8, 4) is 5.75 Å². The van der Waals surface area contributed by atoms with Crippen LogP contribution in [0.25, 0.3) is 0 Å². The summed E-state index contributed by atoms with van der Waals surface area (Å²) in [7, 11) is 1.18. The second-order valence-corrected chi connectivity index (χ2v) is 5.21. The molecular formula is C16H20F2N2O2. The Bertz CT molecular complexity index is 550. The van der Waals surface area contributed by atoms with Crippen molar-refractivity contribution in [3.05, 3.63) is 35.4 Å². The largest absolute Gasteiger partial charge is 0.491 e. The first-order valence-corrected chi connectivity index (χ1v) is 7.36. The number of anilines is 1. The summed E-state index contributed by atoms with van der Waals surface area (Å²) in [6.45, 7) is 0.499. The maximum absolute atomic E-state index is 13.5. The molecule has 0 fully saturated rings. The van der Waals surface area contributed by atoms with Crippen LogP contribution in [0.15, 0.2) is 23.8 Å². The van der Waals surface area contributed by atoms with E-state index in [1.165, 1.54) is 25.5 Å². The minimum atomic E-state index is -0.856. The number of allylic oxidation sites excluding steroid dienone is 1. The monoisotopic (exact) mass is 310 g/mol. The first-order chi connectivity index (χ1) is 10.6. The molecule has 2 rings (SSSR count). The molecule has 22 heavy (non-hydrogen) atoms. The van der Waals surface area contributed by atoms with Gasteiger partial charge in [-0.1, -0.05) is 11.6 Å². The SMILES string of the molecule is COc1c(F)cc(NC(=O)NCCC2=CCCCC2)cc1F. The Labute approximate surface area is 128 Å². The minimum absolute atomic E-state index is 0.0465. The summed E-state index contributed by atoms with van der Waals surface area (Å²) in [6.07, 6.45) is 7.63. The van der Waals surface area contributed by atoms with Crippen LogP contribution in [0.4, 0.5) is 19.3 Å². The third-order valence-corrected chi connectivity index (χ3v) is 3.58. The van der Waals surface area contributed by atoms with Gasteiger partial charge >= 0.3 is 6.03 Å². The van der Waals surface area contributed by atoms with E-state index in [0.717, 1.165) is 31.4 Å². The van der Waals surface area contributed by atoms with Gasteiger partial charge in [0, 0.05) is 24.4 Å². The van der Waals surface area contributed by atoms with E-state index in [9.17, 15) is 13.6 Å². The number of urea groups is 1. The lowest BCUT2D eigenvalue weighted by atomic mass is 9.97. The number of carbonyl (C=O) groups is 1. The number of nitrogens with one attached hydrogen (secondary N) is 2. The lowest BCUT2D eigenvalue weighted by Crippen LogP contribution is -2.29. The minimum Gasteiger partial charge on any atom is -0.491 e. The fourth-order valence-corrected chi connectivity index (χ4v) is 2.47. The number of methoxy groups -OCH3 is 1. The number of halogens is 2. The van der Waals surface area contributed by atoms with Crippen LogP contribution in [0, 0.1) is 11.6 Å². The summed E-state index contributed by atoms with van der Waals surface area (Å²) >= 11 is 0. The van der Waals surface area contributed by atoms with Crippen LogP contribution in [0.3, 0.4) is 0 Å². The van der Waals surface area contributed by atoms with Crippen molar-refractivity contribution in [3.63, 3.8) is 0 Å². The topological polar surface area (TPSA) is 50.4 Å². The Kier molecular flexibility index (Phi) is 5.75. The van der Waals surface area contributed by atoms with E-state index in [0.29, 0.717) is 6.54 Å². The quantitative estimate of drug-likeness (QED) is 0.808. The Morgan fingerprint density at radius 3 is 2.59 bits per heavy atom. The molecular weight excluding hydrogens is 290 g/mol. The average molecular weight is 310 g/mol. The van der Waals surface area contributed by atoms with Gasteiger partial charge in [-0.15, -0.1) is 0 Å². The normalized spacial score (nSPS) is 14.2. The lowest BCUT2D eigenvalue weighted by molar-refractivity contribution is 0.252. The molecule has 0 aliphatic heterocycles. The molecule has 6 heteroatoms. The number of rotatable bonds is 5. The molecule has 0 aromatic heterocycles. The molecule has 120 valence electrons. The Hall–Kier alpha value is -2.11. The number of ether oxygens (including phenoxy) is 1. The van der Waals surface area contributed by atoms with E-state index in [-0.39, 0.29) is 5.69 Å². The van der Waals surface area contributed by atoms with Crippen LogP contribution >= 0.6 is 0 Å². The van der Waals surface area contributed by atoms with Crippen molar-refractivity contribution in [2.45, 2.75) is 32.1 Å². The third kappa shape index (κ3) is 4.44. The predicted molar refractivity (Wildman–Crippen MR) is 81.1 cm³/mol. The fraction of sp³-hybridized carbons (Fsp3) is 0.438. The van der Waals surface area contributed by atoms with Crippen molar-refractivity contribution in [2.24, 2.45) is 0 Å². The smallest absolute Gasteiger partial charge is 0.319 e. The molecule has 0 spiro atoms. The standard InChI is InChI=1S/C16H20F2N2O2/c1-22-15-13(17)9-12(10-14(15)18)20-16(21)19-8-7-11-5-3-2-4-6-11/h5,9-10H,2-4,6-8H2,1H3,(H2,19,20,21). The molecule has 0 saturated carbocycles. The molecule has 0 unspecified atom stereocenters. The molecule has 4 nitrogen and oxygen atoms in total. The van der Waals surface area contributed by atoms with Gasteiger partial charge in [-0.2, -0.15) is 0 Å². The number of amides is 2. The number of benzene rings is 1. The van der Waals surface area contributed by atoms with Crippen LogP contribution in [-0.4, -0.2) is 19.7 Å². The highest BCUT2D eigenvalue weighted by Crippen LogP contribution is 2.25. The van der Waals surface area contributed by atoms with Crippen molar-refractivity contribution in [1.29, 1.82) is 0 Å². The molecule has 0 heterocycles. The Balaban J connectivity index is 1.83. The first-order valence-electron chi connectivity index (χ1n) is 7.36. The van der Waals surface area contributed by atoms with Crippen molar-refractivity contribution >= 4 is 11.7 Å². The molecule has 1 aliphatic rings. The predicted octanol–water partition coefficient (Wildman–Crippen LogP) is 3.99. The molecule has 0 atom stereocenters.